The van der Waals surface area contributed by atoms with E-state index in [1.807, 2.05) is 38.1 Å². The minimum atomic E-state index is -0.308. The minimum Gasteiger partial charge on any atom is -0.493 e. The van der Waals surface area contributed by atoms with Crippen molar-refractivity contribution in [1.82, 2.24) is 0 Å². The fourth-order valence-corrected chi connectivity index (χ4v) is 2.60. The van der Waals surface area contributed by atoms with Gasteiger partial charge in [-0.05, 0) is 35.2 Å². The van der Waals surface area contributed by atoms with E-state index in [0.29, 0.717) is 30.1 Å². The van der Waals surface area contributed by atoms with Gasteiger partial charge in [0.1, 0.15) is 0 Å². The van der Waals surface area contributed by atoms with Crippen LogP contribution in [0.2, 0.25) is 0 Å². The molecule has 0 saturated carbocycles. The zero-order valence-corrected chi connectivity index (χ0v) is 15.7. The summed E-state index contributed by atoms with van der Waals surface area (Å²) in [6.45, 7) is 4.13. The number of benzene rings is 1. The van der Waals surface area contributed by atoms with E-state index in [1.54, 1.807) is 26.4 Å². The van der Waals surface area contributed by atoms with Crippen molar-refractivity contribution in [3.8, 4) is 17.2 Å². The highest BCUT2D eigenvalue weighted by Gasteiger charge is 2.09. The van der Waals surface area contributed by atoms with Crippen LogP contribution in [0.3, 0.4) is 0 Å². The molecule has 140 valence electrons. The summed E-state index contributed by atoms with van der Waals surface area (Å²) in [4.78, 5) is 12.5. The number of hydrogen-bond donors (Lipinski definition) is 1. The first-order valence-corrected chi connectivity index (χ1v) is 8.61. The van der Waals surface area contributed by atoms with Crippen molar-refractivity contribution in [3.05, 3.63) is 63.3 Å². The monoisotopic (exact) mass is 358 g/mol. The van der Waals surface area contributed by atoms with Gasteiger partial charge in [0.25, 0.3) is 0 Å². The number of hydrogen-bond acceptors (Lipinski definition) is 5. The molecule has 0 atom stereocenters. The van der Waals surface area contributed by atoms with E-state index in [4.69, 9.17) is 14.2 Å². The van der Waals surface area contributed by atoms with E-state index in [1.165, 1.54) is 0 Å². The molecule has 0 heterocycles. The van der Waals surface area contributed by atoms with Crippen LogP contribution < -0.4 is 19.6 Å². The summed E-state index contributed by atoms with van der Waals surface area (Å²) in [6.07, 6.45) is 0.615. The van der Waals surface area contributed by atoms with Crippen molar-refractivity contribution in [2.45, 2.75) is 32.8 Å². The topological polar surface area (TPSA) is 65.0 Å². The fraction of sp³-hybridized carbons (Fsp3) is 0.381. The molecule has 0 unspecified atom stereocenters. The highest BCUT2D eigenvalue weighted by atomic mass is 16.5. The van der Waals surface area contributed by atoms with Gasteiger partial charge in [-0.25, -0.2) is 0 Å². The molecule has 5 nitrogen and oxygen atoms in total. The quantitative estimate of drug-likeness (QED) is 0.784. The molecule has 0 aliphatic carbocycles. The summed E-state index contributed by atoms with van der Waals surface area (Å²) in [6, 6.07) is 11.0. The van der Waals surface area contributed by atoms with Crippen molar-refractivity contribution in [2.75, 3.05) is 20.8 Å². The average molecular weight is 358 g/mol. The van der Waals surface area contributed by atoms with Gasteiger partial charge in [0.15, 0.2) is 17.2 Å². The van der Waals surface area contributed by atoms with Gasteiger partial charge >= 0.3 is 0 Å². The summed E-state index contributed by atoms with van der Waals surface area (Å²) in [5.41, 5.74) is 2.06. The summed E-state index contributed by atoms with van der Waals surface area (Å²) < 4.78 is 16.3. The van der Waals surface area contributed by atoms with E-state index in [0.717, 1.165) is 11.1 Å². The lowest BCUT2D eigenvalue weighted by Crippen LogP contribution is -2.12. The Labute approximate surface area is 154 Å². The summed E-state index contributed by atoms with van der Waals surface area (Å²) in [7, 11) is 3.19. The second kappa shape index (κ2) is 9.25. The molecule has 2 aromatic rings. The first-order chi connectivity index (χ1) is 12.5. The lowest BCUT2D eigenvalue weighted by atomic mass is 10.1. The molecule has 0 aliphatic heterocycles. The average Bonchev–Trinajstić information content (AvgIpc) is 2.80. The van der Waals surface area contributed by atoms with Crippen LogP contribution in [0, 0.1) is 0 Å². The standard InChI is InChI=1S/C21H26O5/c1-14(2)16-6-7-17(13-22)21(23)20(12-16)26-10-9-15-5-8-18(24-3)19(11-15)25-4/h5-8,11-12,14,22H,9-10,13H2,1-4H3. The zero-order valence-electron chi connectivity index (χ0n) is 15.7. The third-order valence-electron chi connectivity index (χ3n) is 4.22. The van der Waals surface area contributed by atoms with Crippen LogP contribution in [-0.4, -0.2) is 25.9 Å². The van der Waals surface area contributed by atoms with Crippen molar-refractivity contribution >= 4 is 0 Å². The number of rotatable bonds is 8. The lowest BCUT2D eigenvalue weighted by Gasteiger charge is -2.10. The molecule has 26 heavy (non-hydrogen) atoms. The van der Waals surface area contributed by atoms with Gasteiger partial charge in [-0.1, -0.05) is 32.0 Å². The van der Waals surface area contributed by atoms with Crippen LogP contribution in [0.1, 0.15) is 36.5 Å². The Hall–Kier alpha value is -2.53. The maximum Gasteiger partial charge on any atom is 0.225 e. The maximum atomic E-state index is 12.5. The molecule has 0 aromatic heterocycles. The van der Waals surface area contributed by atoms with E-state index < -0.39 is 0 Å². The number of aliphatic hydroxyl groups excluding tert-OH is 1. The van der Waals surface area contributed by atoms with E-state index in [2.05, 4.69) is 0 Å². The Kier molecular flexibility index (Phi) is 7.04. The molecule has 0 radical (unpaired) electrons. The van der Waals surface area contributed by atoms with Crippen LogP contribution in [-0.2, 0) is 13.0 Å². The molecule has 2 aromatic carbocycles. The first-order valence-electron chi connectivity index (χ1n) is 8.61. The second-order valence-electron chi connectivity index (χ2n) is 6.30. The molecule has 1 N–H and O–H groups in total. The van der Waals surface area contributed by atoms with E-state index in [9.17, 15) is 9.90 Å². The Bertz CT molecular complexity index is 799. The first kappa shape index (κ1) is 19.8. The van der Waals surface area contributed by atoms with Crippen molar-refractivity contribution < 1.29 is 19.3 Å². The van der Waals surface area contributed by atoms with Crippen LogP contribution >= 0.6 is 0 Å². The normalized spacial score (nSPS) is 10.7. The summed E-state index contributed by atoms with van der Waals surface area (Å²) in [5.74, 6) is 1.85. The van der Waals surface area contributed by atoms with Crippen molar-refractivity contribution in [1.29, 1.82) is 0 Å². The highest BCUT2D eigenvalue weighted by Crippen LogP contribution is 2.27. The van der Waals surface area contributed by atoms with Gasteiger partial charge in [0.2, 0.25) is 5.43 Å². The summed E-state index contributed by atoms with van der Waals surface area (Å²) >= 11 is 0. The maximum absolute atomic E-state index is 12.5. The molecule has 0 amide bonds. The minimum absolute atomic E-state index is 0.251. The van der Waals surface area contributed by atoms with Crippen LogP contribution in [0.15, 0.2) is 41.2 Å². The third kappa shape index (κ3) is 4.76. The molecule has 0 saturated heterocycles. The SMILES string of the molecule is COc1ccc(CCOc2cc(C(C)C)ccc(CO)c2=O)cc1OC. The number of methoxy groups -OCH3 is 2. The van der Waals surface area contributed by atoms with Gasteiger partial charge in [-0.3, -0.25) is 4.79 Å². The molecule has 0 fully saturated rings. The molecular weight excluding hydrogens is 332 g/mol. The Morgan fingerprint density at radius 2 is 1.69 bits per heavy atom. The van der Waals surface area contributed by atoms with Crippen LogP contribution in [0.4, 0.5) is 0 Å². The second-order valence-corrected chi connectivity index (χ2v) is 6.30. The predicted octanol–water partition coefficient (Wildman–Crippen LogP) is 3.30. The van der Waals surface area contributed by atoms with E-state index >= 15 is 0 Å². The Balaban J connectivity index is 2.18. The van der Waals surface area contributed by atoms with Gasteiger partial charge in [-0.2, -0.15) is 0 Å². The van der Waals surface area contributed by atoms with Crippen molar-refractivity contribution in [3.63, 3.8) is 0 Å². The van der Waals surface area contributed by atoms with Crippen LogP contribution in [0.25, 0.3) is 0 Å². The molecule has 0 aliphatic rings. The number of ether oxygens (including phenoxy) is 3. The predicted molar refractivity (Wildman–Crippen MR) is 101 cm³/mol. The van der Waals surface area contributed by atoms with Crippen molar-refractivity contribution in [2.24, 2.45) is 0 Å². The molecule has 0 spiro atoms. The Morgan fingerprint density at radius 1 is 0.962 bits per heavy atom. The zero-order chi connectivity index (χ0) is 19.1. The molecule has 0 bridgehead atoms. The smallest absolute Gasteiger partial charge is 0.225 e. The van der Waals surface area contributed by atoms with Gasteiger partial charge in [0.05, 0.1) is 27.4 Å². The number of aliphatic hydroxyl groups is 1. The largest absolute Gasteiger partial charge is 0.493 e. The van der Waals surface area contributed by atoms with Gasteiger partial charge < -0.3 is 19.3 Å². The van der Waals surface area contributed by atoms with Gasteiger partial charge in [0, 0.05) is 12.0 Å². The highest BCUT2D eigenvalue weighted by molar-refractivity contribution is 5.43. The van der Waals surface area contributed by atoms with E-state index in [-0.39, 0.29) is 23.7 Å². The fourth-order valence-electron chi connectivity index (χ4n) is 2.60. The van der Waals surface area contributed by atoms with Gasteiger partial charge in [-0.15, -0.1) is 0 Å². The summed E-state index contributed by atoms with van der Waals surface area (Å²) in [5, 5.41) is 9.41. The van der Waals surface area contributed by atoms with Crippen LogP contribution in [0.5, 0.6) is 17.2 Å². The molecule has 5 heteroatoms. The molecule has 2 rings (SSSR count). The molecular formula is C21H26O5. The lowest BCUT2D eigenvalue weighted by molar-refractivity contribution is 0.278. The third-order valence-corrected chi connectivity index (χ3v) is 4.22. The Morgan fingerprint density at radius 3 is 2.31 bits per heavy atom.